The fourth-order valence-corrected chi connectivity index (χ4v) is 4.03. The van der Waals surface area contributed by atoms with Crippen LogP contribution in [0, 0.1) is 0 Å². The minimum Gasteiger partial charge on any atom is -0.368 e. The highest BCUT2D eigenvalue weighted by atomic mass is 31.2. The molecule has 28 heavy (non-hydrogen) atoms. The van der Waals surface area contributed by atoms with Crippen LogP contribution in [0.1, 0.15) is 5.56 Å². The third-order valence-electron chi connectivity index (χ3n) is 4.76. The van der Waals surface area contributed by atoms with Crippen LogP contribution >= 0.6 is 7.14 Å². The van der Waals surface area contributed by atoms with Crippen molar-refractivity contribution in [2.24, 2.45) is 0 Å². The molecule has 1 aromatic carbocycles. The Kier molecular flexibility index (Phi) is 5.42. The van der Waals surface area contributed by atoms with Gasteiger partial charge in [0.2, 0.25) is 5.95 Å². The summed E-state index contributed by atoms with van der Waals surface area (Å²) in [7, 11) is -0.593. The molecular weight excluding hydrogens is 390 g/mol. The molecule has 0 aliphatic carbocycles. The molecule has 10 heteroatoms. The second-order valence-electron chi connectivity index (χ2n) is 7.31. The first-order valence-electron chi connectivity index (χ1n) is 8.81. The maximum Gasteiger partial charge on any atom is 0.422 e. The predicted octanol–water partition coefficient (Wildman–Crippen LogP) is 2.74. The molecule has 0 radical (unpaired) electrons. The zero-order chi connectivity index (χ0) is 20.7. The SMILES string of the molecule is CN1CCN(c2nc(N)nc(-c3ccc(P(C)(C)=O)cc3)c2C(F)(F)F)CC1. The summed E-state index contributed by atoms with van der Waals surface area (Å²) in [4.78, 5) is 11.5. The van der Waals surface area contributed by atoms with Crippen LogP contribution in [-0.4, -0.2) is 61.4 Å². The zero-order valence-corrected chi connectivity index (χ0v) is 16.9. The summed E-state index contributed by atoms with van der Waals surface area (Å²) in [5.41, 5.74) is 4.87. The van der Waals surface area contributed by atoms with Crippen LogP contribution in [0.25, 0.3) is 11.3 Å². The van der Waals surface area contributed by atoms with E-state index in [-0.39, 0.29) is 23.0 Å². The van der Waals surface area contributed by atoms with Gasteiger partial charge < -0.3 is 20.1 Å². The van der Waals surface area contributed by atoms with Crippen molar-refractivity contribution in [2.45, 2.75) is 6.18 Å². The lowest BCUT2D eigenvalue weighted by molar-refractivity contribution is -0.137. The summed E-state index contributed by atoms with van der Waals surface area (Å²) < 4.78 is 54.3. The fraction of sp³-hybridized carbons (Fsp3) is 0.444. The monoisotopic (exact) mass is 413 g/mol. The average Bonchev–Trinajstić information content (AvgIpc) is 2.60. The molecule has 1 fully saturated rings. The molecule has 152 valence electrons. The van der Waals surface area contributed by atoms with Gasteiger partial charge in [0.15, 0.2) is 0 Å². The molecule has 3 rings (SSSR count). The van der Waals surface area contributed by atoms with Gasteiger partial charge in [-0.05, 0) is 20.4 Å². The molecular formula is C18H23F3N5OP. The summed E-state index contributed by atoms with van der Waals surface area (Å²) in [6, 6.07) is 6.15. The predicted molar refractivity (Wildman–Crippen MR) is 106 cm³/mol. The Morgan fingerprint density at radius 1 is 1.04 bits per heavy atom. The molecule has 0 bridgehead atoms. The first-order valence-corrected chi connectivity index (χ1v) is 11.4. The average molecular weight is 413 g/mol. The minimum atomic E-state index is -4.65. The third-order valence-corrected chi connectivity index (χ3v) is 6.30. The first-order chi connectivity index (χ1) is 13.0. The zero-order valence-electron chi connectivity index (χ0n) is 16.0. The van der Waals surface area contributed by atoms with E-state index in [1.165, 1.54) is 12.1 Å². The van der Waals surface area contributed by atoms with Crippen LogP contribution in [0.15, 0.2) is 24.3 Å². The number of hydrogen-bond donors (Lipinski definition) is 1. The number of nitrogen functional groups attached to an aromatic ring is 1. The number of benzene rings is 1. The van der Waals surface area contributed by atoms with E-state index in [0.717, 1.165) is 0 Å². The highest BCUT2D eigenvalue weighted by Gasteiger charge is 2.40. The van der Waals surface area contributed by atoms with Gasteiger partial charge in [0.05, 0.1) is 5.69 Å². The summed E-state index contributed by atoms with van der Waals surface area (Å²) in [6.45, 7) is 5.32. The molecule has 0 atom stereocenters. The highest BCUT2D eigenvalue weighted by molar-refractivity contribution is 7.70. The third kappa shape index (κ3) is 4.31. The van der Waals surface area contributed by atoms with E-state index in [0.29, 0.717) is 31.5 Å². The number of nitrogens with zero attached hydrogens (tertiary/aromatic N) is 4. The molecule has 2 N–H and O–H groups in total. The minimum absolute atomic E-state index is 0.191. The Balaban J connectivity index is 2.14. The van der Waals surface area contributed by atoms with Gasteiger partial charge in [-0.15, -0.1) is 0 Å². The number of rotatable bonds is 3. The van der Waals surface area contributed by atoms with E-state index in [2.05, 4.69) is 9.97 Å². The summed E-state index contributed by atoms with van der Waals surface area (Å²) >= 11 is 0. The van der Waals surface area contributed by atoms with E-state index in [9.17, 15) is 17.7 Å². The summed E-state index contributed by atoms with van der Waals surface area (Å²) in [5.74, 6) is -0.401. The van der Waals surface area contributed by atoms with Crippen molar-refractivity contribution in [1.82, 2.24) is 14.9 Å². The van der Waals surface area contributed by atoms with E-state index >= 15 is 0 Å². The van der Waals surface area contributed by atoms with Gasteiger partial charge in [0.25, 0.3) is 0 Å². The van der Waals surface area contributed by atoms with Gasteiger partial charge in [-0.25, -0.2) is 4.98 Å². The van der Waals surface area contributed by atoms with Crippen molar-refractivity contribution in [3.05, 3.63) is 29.8 Å². The Bertz CT molecular complexity index is 903. The molecule has 1 saturated heterocycles. The van der Waals surface area contributed by atoms with Crippen LogP contribution < -0.4 is 15.9 Å². The van der Waals surface area contributed by atoms with E-state index in [1.54, 1.807) is 30.4 Å². The number of anilines is 2. The normalized spacial score (nSPS) is 16.4. The van der Waals surface area contributed by atoms with Gasteiger partial charge in [-0.1, -0.05) is 24.3 Å². The first kappa shape index (κ1) is 20.6. The van der Waals surface area contributed by atoms with Crippen molar-refractivity contribution < 1.29 is 17.7 Å². The molecule has 1 aliphatic rings. The van der Waals surface area contributed by atoms with Crippen molar-refractivity contribution >= 4 is 24.2 Å². The van der Waals surface area contributed by atoms with Crippen LogP contribution in [-0.2, 0) is 10.7 Å². The number of likely N-dealkylation sites (N-methyl/N-ethyl adjacent to an activating group) is 1. The molecule has 0 spiro atoms. The summed E-state index contributed by atoms with van der Waals surface area (Å²) in [5, 5.41) is 0.589. The van der Waals surface area contributed by atoms with Crippen LogP contribution in [0.2, 0.25) is 0 Å². The number of hydrogen-bond acceptors (Lipinski definition) is 6. The van der Waals surface area contributed by atoms with Crippen LogP contribution in [0.3, 0.4) is 0 Å². The number of nitrogens with two attached hydrogens (primary N) is 1. The molecule has 2 aromatic rings. The lowest BCUT2D eigenvalue weighted by Crippen LogP contribution is -2.45. The molecule has 1 aliphatic heterocycles. The van der Waals surface area contributed by atoms with Crippen molar-refractivity contribution in [1.29, 1.82) is 0 Å². The number of aromatic nitrogens is 2. The second-order valence-corrected chi connectivity index (χ2v) is 10.5. The van der Waals surface area contributed by atoms with E-state index in [4.69, 9.17) is 5.73 Å². The van der Waals surface area contributed by atoms with Crippen molar-refractivity contribution in [2.75, 3.05) is 57.2 Å². The number of alkyl halides is 3. The van der Waals surface area contributed by atoms with Crippen LogP contribution in [0.4, 0.5) is 24.9 Å². The topological polar surface area (TPSA) is 75.3 Å². The van der Waals surface area contributed by atoms with Gasteiger partial charge in [-0.3, -0.25) is 0 Å². The molecule has 0 amide bonds. The Morgan fingerprint density at radius 3 is 2.11 bits per heavy atom. The Morgan fingerprint density at radius 2 is 1.61 bits per heavy atom. The lowest BCUT2D eigenvalue weighted by atomic mass is 10.0. The number of piperazine rings is 1. The highest BCUT2D eigenvalue weighted by Crippen LogP contribution is 2.42. The molecule has 0 unspecified atom stereocenters. The maximum atomic E-state index is 14.0. The van der Waals surface area contributed by atoms with Gasteiger partial charge in [-0.2, -0.15) is 18.2 Å². The van der Waals surface area contributed by atoms with Crippen molar-refractivity contribution in [3.63, 3.8) is 0 Å². The van der Waals surface area contributed by atoms with Gasteiger partial charge >= 0.3 is 6.18 Å². The molecule has 1 aromatic heterocycles. The Labute approximate surface area is 161 Å². The maximum absolute atomic E-state index is 14.0. The Hall–Kier alpha value is -2.12. The van der Waals surface area contributed by atoms with Gasteiger partial charge in [0, 0.05) is 37.0 Å². The quantitative estimate of drug-likeness (QED) is 0.780. The van der Waals surface area contributed by atoms with E-state index < -0.39 is 18.9 Å². The lowest BCUT2D eigenvalue weighted by Gasteiger charge is -2.34. The molecule has 6 nitrogen and oxygen atoms in total. The van der Waals surface area contributed by atoms with Crippen LogP contribution in [0.5, 0.6) is 0 Å². The smallest absolute Gasteiger partial charge is 0.368 e. The van der Waals surface area contributed by atoms with Crippen molar-refractivity contribution in [3.8, 4) is 11.3 Å². The number of halogens is 3. The van der Waals surface area contributed by atoms with E-state index in [1.807, 2.05) is 11.9 Å². The fourth-order valence-electron chi connectivity index (χ4n) is 3.16. The second kappa shape index (κ2) is 7.37. The largest absolute Gasteiger partial charge is 0.422 e. The molecule has 2 heterocycles. The standard InChI is InChI=1S/C18H23F3N5OP/c1-25-8-10-26(11-9-25)16-14(18(19,20)21)15(23-17(22)24-16)12-4-6-13(7-5-12)28(2,3)27/h4-7H,8-11H2,1-3H3,(H2,22,23,24). The summed E-state index contributed by atoms with van der Waals surface area (Å²) in [6.07, 6.45) is -4.65. The van der Waals surface area contributed by atoms with Gasteiger partial charge in [0.1, 0.15) is 18.5 Å². The molecule has 0 saturated carbocycles.